The van der Waals surface area contributed by atoms with Gasteiger partial charge in [0.25, 0.3) is 0 Å². The van der Waals surface area contributed by atoms with Gasteiger partial charge in [-0.15, -0.1) is 10.2 Å². The Morgan fingerprint density at radius 1 is 1.47 bits per heavy atom. The Bertz CT molecular complexity index is 273. The summed E-state index contributed by atoms with van der Waals surface area (Å²) in [5, 5.41) is 14.9. The summed E-state index contributed by atoms with van der Waals surface area (Å²) in [6.07, 6.45) is 0.998. The quantitative estimate of drug-likeness (QED) is 0.651. The highest BCUT2D eigenvalue weighted by atomic mass is 16.5. The molecule has 1 aromatic rings. The molecule has 86 valence electrons. The topological polar surface area (TPSA) is 64.9 Å². The Hall–Kier alpha value is -1.01. The number of aryl methyl sites for hydroxylation is 1. The Labute approximate surface area is 90.0 Å². The molecule has 0 saturated heterocycles. The summed E-state index contributed by atoms with van der Waals surface area (Å²) in [6.45, 7) is 6.40. The molecule has 1 N–H and O–H groups in total. The van der Waals surface area contributed by atoms with Crippen molar-refractivity contribution < 1.29 is 4.74 Å². The van der Waals surface area contributed by atoms with E-state index < -0.39 is 0 Å². The lowest BCUT2D eigenvalue weighted by molar-refractivity contribution is 0.112. The van der Waals surface area contributed by atoms with Gasteiger partial charge in [-0.3, -0.25) is 0 Å². The fourth-order valence-electron chi connectivity index (χ4n) is 1.11. The van der Waals surface area contributed by atoms with Crippen LogP contribution in [0.25, 0.3) is 0 Å². The molecule has 0 amide bonds. The summed E-state index contributed by atoms with van der Waals surface area (Å²) in [5.41, 5.74) is 0. The van der Waals surface area contributed by atoms with Gasteiger partial charge in [-0.2, -0.15) is 4.80 Å². The van der Waals surface area contributed by atoms with Crippen LogP contribution in [0.1, 0.15) is 26.1 Å². The number of nitrogens with zero attached hydrogens (tertiary/aromatic N) is 4. The van der Waals surface area contributed by atoms with Crippen LogP contribution < -0.4 is 5.32 Å². The van der Waals surface area contributed by atoms with Gasteiger partial charge in [0.15, 0.2) is 5.82 Å². The van der Waals surface area contributed by atoms with Crippen LogP contribution in [0.2, 0.25) is 0 Å². The van der Waals surface area contributed by atoms with Crippen molar-refractivity contribution in [3.05, 3.63) is 5.82 Å². The molecule has 15 heavy (non-hydrogen) atoms. The first kappa shape index (κ1) is 12.1. The van der Waals surface area contributed by atoms with Crippen LogP contribution in [0.3, 0.4) is 0 Å². The number of tetrazole rings is 1. The first-order valence-electron chi connectivity index (χ1n) is 5.22. The van der Waals surface area contributed by atoms with E-state index in [9.17, 15) is 0 Å². The lowest BCUT2D eigenvalue weighted by atomic mass is 10.3. The highest BCUT2D eigenvalue weighted by Crippen LogP contribution is 1.91. The summed E-state index contributed by atoms with van der Waals surface area (Å²) in [6, 6.07) is 0.534. The molecule has 6 heteroatoms. The van der Waals surface area contributed by atoms with Gasteiger partial charge in [0.1, 0.15) is 6.61 Å². The van der Waals surface area contributed by atoms with E-state index in [0.717, 1.165) is 19.6 Å². The average Bonchev–Trinajstić information content (AvgIpc) is 2.57. The summed E-state index contributed by atoms with van der Waals surface area (Å²) >= 11 is 0. The number of aromatic nitrogens is 4. The van der Waals surface area contributed by atoms with Crippen molar-refractivity contribution >= 4 is 0 Å². The van der Waals surface area contributed by atoms with Gasteiger partial charge < -0.3 is 10.1 Å². The molecule has 0 atom stereocenters. The molecule has 0 aliphatic carbocycles. The molecule has 6 nitrogen and oxygen atoms in total. The predicted molar refractivity (Wildman–Crippen MR) is 56.2 cm³/mol. The Morgan fingerprint density at radius 3 is 2.87 bits per heavy atom. The fraction of sp³-hybridized carbons (Fsp3) is 0.889. The molecule has 0 aromatic carbocycles. The first-order valence-corrected chi connectivity index (χ1v) is 5.22. The van der Waals surface area contributed by atoms with Crippen LogP contribution in [0, 0.1) is 0 Å². The van der Waals surface area contributed by atoms with Gasteiger partial charge >= 0.3 is 0 Å². The Morgan fingerprint density at radius 2 is 2.27 bits per heavy atom. The van der Waals surface area contributed by atoms with Crippen molar-refractivity contribution in [2.24, 2.45) is 7.05 Å². The maximum atomic E-state index is 5.40. The molecular weight excluding hydrogens is 194 g/mol. The van der Waals surface area contributed by atoms with E-state index in [-0.39, 0.29) is 0 Å². The standard InChI is InChI=1S/C9H19N5O/c1-8(2)10-5-4-6-15-7-9-11-13-14(3)12-9/h8,10H,4-7H2,1-3H3. The van der Waals surface area contributed by atoms with Gasteiger partial charge in [0, 0.05) is 12.6 Å². The van der Waals surface area contributed by atoms with Gasteiger partial charge in [-0.25, -0.2) is 0 Å². The molecule has 0 aliphatic rings. The van der Waals surface area contributed by atoms with Crippen LogP contribution in [-0.4, -0.2) is 39.4 Å². The zero-order valence-corrected chi connectivity index (χ0v) is 9.60. The van der Waals surface area contributed by atoms with Crippen molar-refractivity contribution in [3.8, 4) is 0 Å². The fourth-order valence-corrected chi connectivity index (χ4v) is 1.11. The van der Waals surface area contributed by atoms with Crippen molar-refractivity contribution in [1.82, 2.24) is 25.5 Å². The second kappa shape index (κ2) is 6.47. The zero-order valence-electron chi connectivity index (χ0n) is 9.60. The van der Waals surface area contributed by atoms with Crippen molar-refractivity contribution in [2.75, 3.05) is 13.2 Å². The lowest BCUT2D eigenvalue weighted by Crippen LogP contribution is -2.24. The molecular formula is C9H19N5O. The van der Waals surface area contributed by atoms with Crippen LogP contribution in [0.4, 0.5) is 0 Å². The number of hydrogen-bond acceptors (Lipinski definition) is 5. The molecule has 1 heterocycles. The SMILES string of the molecule is CC(C)NCCCOCc1nnn(C)n1. The van der Waals surface area contributed by atoms with E-state index in [1.165, 1.54) is 4.80 Å². The maximum absolute atomic E-state index is 5.40. The minimum atomic E-state index is 0.440. The normalized spacial score (nSPS) is 11.2. The molecule has 0 radical (unpaired) electrons. The minimum absolute atomic E-state index is 0.440. The highest BCUT2D eigenvalue weighted by molar-refractivity contribution is 4.71. The third-order valence-corrected chi connectivity index (χ3v) is 1.80. The summed E-state index contributed by atoms with van der Waals surface area (Å²) in [7, 11) is 1.74. The molecule has 1 rings (SSSR count). The number of rotatable bonds is 7. The Balaban J connectivity index is 1.98. The predicted octanol–water partition coefficient (Wildman–Crippen LogP) is 0.115. The van der Waals surface area contributed by atoms with Gasteiger partial charge in [0.2, 0.25) is 0 Å². The average molecular weight is 213 g/mol. The number of nitrogens with one attached hydrogen (secondary N) is 1. The third-order valence-electron chi connectivity index (χ3n) is 1.80. The van der Waals surface area contributed by atoms with Crippen LogP contribution in [-0.2, 0) is 18.4 Å². The monoisotopic (exact) mass is 213 g/mol. The molecule has 0 unspecified atom stereocenters. The third kappa shape index (κ3) is 5.44. The number of ether oxygens (including phenoxy) is 1. The second-order valence-corrected chi connectivity index (χ2v) is 3.71. The van der Waals surface area contributed by atoms with Gasteiger partial charge in [-0.05, 0) is 18.2 Å². The largest absolute Gasteiger partial charge is 0.373 e. The molecule has 0 aliphatic heterocycles. The van der Waals surface area contributed by atoms with E-state index >= 15 is 0 Å². The molecule has 0 bridgehead atoms. The summed E-state index contributed by atoms with van der Waals surface area (Å²) in [5.74, 6) is 0.634. The van der Waals surface area contributed by atoms with Gasteiger partial charge in [0.05, 0.1) is 7.05 Å². The Kier molecular flexibility index (Phi) is 5.20. The van der Waals surface area contributed by atoms with Crippen molar-refractivity contribution in [2.45, 2.75) is 32.9 Å². The maximum Gasteiger partial charge on any atom is 0.200 e. The van der Waals surface area contributed by atoms with E-state index in [1.54, 1.807) is 7.05 Å². The van der Waals surface area contributed by atoms with E-state index in [1.807, 2.05) is 0 Å². The molecule has 0 fully saturated rings. The summed E-state index contributed by atoms with van der Waals surface area (Å²) in [4.78, 5) is 1.43. The smallest absolute Gasteiger partial charge is 0.200 e. The minimum Gasteiger partial charge on any atom is -0.373 e. The highest BCUT2D eigenvalue weighted by Gasteiger charge is 1.99. The van der Waals surface area contributed by atoms with E-state index in [4.69, 9.17) is 4.74 Å². The molecule has 0 saturated carbocycles. The van der Waals surface area contributed by atoms with Gasteiger partial charge in [-0.1, -0.05) is 13.8 Å². The summed E-state index contributed by atoms with van der Waals surface area (Å²) < 4.78 is 5.40. The van der Waals surface area contributed by atoms with Crippen molar-refractivity contribution in [1.29, 1.82) is 0 Å². The second-order valence-electron chi connectivity index (χ2n) is 3.71. The number of hydrogen-bond donors (Lipinski definition) is 1. The first-order chi connectivity index (χ1) is 7.18. The van der Waals surface area contributed by atoms with E-state index in [0.29, 0.717) is 18.5 Å². The van der Waals surface area contributed by atoms with Crippen molar-refractivity contribution in [3.63, 3.8) is 0 Å². The molecule has 0 spiro atoms. The van der Waals surface area contributed by atoms with E-state index in [2.05, 4.69) is 34.6 Å². The van der Waals surface area contributed by atoms with Crippen LogP contribution >= 0.6 is 0 Å². The zero-order chi connectivity index (χ0) is 11.1. The van der Waals surface area contributed by atoms with Crippen LogP contribution in [0.5, 0.6) is 0 Å². The van der Waals surface area contributed by atoms with Crippen LogP contribution in [0.15, 0.2) is 0 Å². The molecule has 1 aromatic heterocycles. The lowest BCUT2D eigenvalue weighted by Gasteiger charge is -2.07.